The van der Waals surface area contributed by atoms with Gasteiger partial charge in [-0.3, -0.25) is 9.59 Å². The van der Waals surface area contributed by atoms with Crippen molar-refractivity contribution in [2.45, 2.75) is 79.6 Å². The molecule has 0 saturated heterocycles. The molecule has 0 aromatic heterocycles. The van der Waals surface area contributed by atoms with E-state index in [1.165, 1.54) is 28.9 Å². The fraction of sp³-hybridized carbons (Fsp3) is 0.481. The third-order valence-corrected chi connectivity index (χ3v) is 5.22. The van der Waals surface area contributed by atoms with Crippen molar-refractivity contribution in [2.24, 2.45) is 0 Å². The maximum absolute atomic E-state index is 12.1. The van der Waals surface area contributed by atoms with Crippen molar-refractivity contribution in [1.29, 1.82) is 0 Å². The fourth-order valence-corrected chi connectivity index (χ4v) is 3.29. The lowest BCUT2D eigenvalue weighted by molar-refractivity contribution is -0.115. The van der Waals surface area contributed by atoms with Crippen LogP contribution in [-0.4, -0.2) is 23.3 Å². The summed E-state index contributed by atoms with van der Waals surface area (Å²) in [7, 11) is 0. The van der Waals surface area contributed by atoms with Crippen LogP contribution in [0.1, 0.15) is 79.6 Å². The Bertz CT molecular complexity index is 794. The predicted octanol–water partition coefficient (Wildman–Crippen LogP) is 6.52. The van der Waals surface area contributed by atoms with Gasteiger partial charge in [-0.1, -0.05) is 41.0 Å². The van der Waals surface area contributed by atoms with Crippen LogP contribution in [0.4, 0.5) is 0 Å². The van der Waals surface area contributed by atoms with Crippen LogP contribution in [-0.2, 0) is 9.59 Å². The highest BCUT2D eigenvalue weighted by molar-refractivity contribution is 6.20. The average molecular weight is 411 g/mol. The first-order valence-electron chi connectivity index (χ1n) is 10.9. The smallest absolute Gasteiger partial charge is 0.185 e. The van der Waals surface area contributed by atoms with Crippen LogP contribution >= 0.6 is 0 Å². The first-order chi connectivity index (χ1) is 14.2. The zero-order valence-corrected chi connectivity index (χ0v) is 19.4. The van der Waals surface area contributed by atoms with Crippen LogP contribution in [0, 0.1) is 0 Å². The molecular weight excluding hydrogens is 372 g/mol. The van der Waals surface area contributed by atoms with Gasteiger partial charge in [-0.25, -0.2) is 0 Å². The minimum Gasteiger partial charge on any atom is -0.392 e. The molecule has 0 saturated carbocycles. The first-order valence-corrected chi connectivity index (χ1v) is 10.9. The zero-order chi connectivity index (χ0) is 22.5. The lowest BCUT2D eigenvalue weighted by Crippen LogP contribution is -2.12. The van der Waals surface area contributed by atoms with Gasteiger partial charge >= 0.3 is 0 Å². The number of hydrogen-bond acceptors (Lipinski definition) is 3. The highest BCUT2D eigenvalue weighted by Crippen LogP contribution is 2.18. The SMILES string of the molecule is CC(C)=CCCC(=CCCC(C)=CCCC(C)=CCC1=CC(=O)C=C(C)C1=O)CO. The Morgan fingerprint density at radius 1 is 0.833 bits per heavy atom. The third kappa shape index (κ3) is 10.5. The van der Waals surface area contributed by atoms with Gasteiger partial charge in [-0.15, -0.1) is 0 Å². The summed E-state index contributed by atoms with van der Waals surface area (Å²) in [5.74, 6) is -0.118. The molecule has 0 amide bonds. The van der Waals surface area contributed by atoms with E-state index < -0.39 is 0 Å². The van der Waals surface area contributed by atoms with Gasteiger partial charge in [0.15, 0.2) is 11.6 Å². The van der Waals surface area contributed by atoms with Crippen molar-refractivity contribution < 1.29 is 14.7 Å². The number of aliphatic hydroxyl groups excluding tert-OH is 1. The van der Waals surface area contributed by atoms with Gasteiger partial charge < -0.3 is 5.11 Å². The Kier molecular flexibility index (Phi) is 11.9. The second-order valence-electron chi connectivity index (χ2n) is 8.45. The van der Waals surface area contributed by atoms with Gasteiger partial charge in [0.1, 0.15) is 0 Å². The minimum absolute atomic E-state index is 0.0226. The second kappa shape index (κ2) is 13.9. The number of rotatable bonds is 12. The molecule has 3 nitrogen and oxygen atoms in total. The van der Waals surface area contributed by atoms with Crippen molar-refractivity contribution in [3.63, 3.8) is 0 Å². The predicted molar refractivity (Wildman–Crippen MR) is 126 cm³/mol. The first kappa shape index (κ1) is 25.8. The van der Waals surface area contributed by atoms with Crippen molar-refractivity contribution in [3.05, 3.63) is 69.9 Å². The molecule has 0 heterocycles. The molecule has 0 atom stereocenters. The van der Waals surface area contributed by atoms with Crippen molar-refractivity contribution in [1.82, 2.24) is 0 Å². The van der Waals surface area contributed by atoms with Crippen molar-refractivity contribution in [3.8, 4) is 0 Å². The molecular formula is C27H38O3. The monoisotopic (exact) mass is 410 g/mol. The molecule has 0 spiro atoms. The highest BCUT2D eigenvalue weighted by Gasteiger charge is 2.17. The Morgan fingerprint density at radius 2 is 1.43 bits per heavy atom. The molecule has 0 fully saturated rings. The van der Waals surface area contributed by atoms with Crippen LogP contribution in [0.3, 0.4) is 0 Å². The van der Waals surface area contributed by atoms with Gasteiger partial charge in [-0.05, 0) is 97.3 Å². The number of ketones is 2. The number of carbonyl (C=O) groups is 2. The minimum atomic E-state index is -0.0953. The number of Topliss-reactive ketones (excluding diaryl/α,β-unsaturated/α-hetero) is 1. The Hall–Kier alpha value is -2.26. The third-order valence-electron chi connectivity index (χ3n) is 5.22. The van der Waals surface area contributed by atoms with Gasteiger partial charge in [0, 0.05) is 11.1 Å². The lowest BCUT2D eigenvalue weighted by Gasteiger charge is -2.09. The van der Waals surface area contributed by atoms with Crippen molar-refractivity contribution >= 4 is 11.6 Å². The Labute approximate surface area is 182 Å². The van der Waals surface area contributed by atoms with E-state index in [0.29, 0.717) is 17.6 Å². The number of allylic oxidation sites excluding steroid dienone is 11. The van der Waals surface area contributed by atoms with E-state index in [1.807, 2.05) is 0 Å². The molecule has 1 aliphatic rings. The number of carbonyl (C=O) groups excluding carboxylic acids is 2. The fourth-order valence-electron chi connectivity index (χ4n) is 3.29. The second-order valence-corrected chi connectivity index (χ2v) is 8.45. The Morgan fingerprint density at radius 3 is 2.07 bits per heavy atom. The topological polar surface area (TPSA) is 54.4 Å². The maximum atomic E-state index is 12.1. The van der Waals surface area contributed by atoms with E-state index in [2.05, 4.69) is 52.0 Å². The van der Waals surface area contributed by atoms with Gasteiger partial charge in [0.25, 0.3) is 0 Å². The van der Waals surface area contributed by atoms with Crippen LogP contribution in [0.15, 0.2) is 69.9 Å². The van der Waals surface area contributed by atoms with E-state index >= 15 is 0 Å². The molecule has 0 aliphatic heterocycles. The van der Waals surface area contributed by atoms with Crippen LogP contribution in [0.5, 0.6) is 0 Å². The summed E-state index contributed by atoms with van der Waals surface area (Å²) in [4.78, 5) is 23.7. The zero-order valence-electron chi connectivity index (χ0n) is 19.4. The summed E-state index contributed by atoms with van der Waals surface area (Å²) in [6.07, 6.45) is 17.9. The molecule has 1 aliphatic carbocycles. The maximum Gasteiger partial charge on any atom is 0.185 e. The summed E-state index contributed by atoms with van der Waals surface area (Å²) in [6, 6.07) is 0. The van der Waals surface area contributed by atoms with E-state index in [-0.39, 0.29) is 18.2 Å². The average Bonchev–Trinajstić information content (AvgIpc) is 2.68. The molecule has 0 bridgehead atoms. The standard InChI is InChI=1S/C27H38O3/c1-20(2)9-6-13-24(19-28)14-8-12-21(3)10-7-11-22(4)15-16-25-18-26(29)17-23(5)27(25)30/h9-10,14-15,17-18,28H,6-8,11-13,16,19H2,1-5H3. The van der Waals surface area contributed by atoms with E-state index in [4.69, 9.17) is 0 Å². The molecule has 1 N–H and O–H groups in total. The normalized spacial score (nSPS) is 15.9. The highest BCUT2D eigenvalue weighted by atomic mass is 16.3. The summed E-state index contributed by atoms with van der Waals surface area (Å²) in [5, 5.41) is 9.49. The molecule has 0 aromatic rings. The van der Waals surface area contributed by atoms with Crippen LogP contribution < -0.4 is 0 Å². The molecule has 0 unspecified atom stereocenters. The van der Waals surface area contributed by atoms with Gasteiger partial charge in [0.2, 0.25) is 0 Å². The summed E-state index contributed by atoms with van der Waals surface area (Å²) >= 11 is 0. The van der Waals surface area contributed by atoms with Gasteiger partial charge in [0.05, 0.1) is 6.61 Å². The Balaban J connectivity index is 2.41. The largest absolute Gasteiger partial charge is 0.392 e. The molecule has 3 heteroatoms. The van der Waals surface area contributed by atoms with Gasteiger partial charge in [-0.2, -0.15) is 0 Å². The molecule has 0 aromatic carbocycles. The quantitative estimate of drug-likeness (QED) is 0.294. The molecule has 30 heavy (non-hydrogen) atoms. The summed E-state index contributed by atoms with van der Waals surface area (Å²) in [6.45, 7) is 10.3. The van der Waals surface area contributed by atoms with Crippen LogP contribution in [0.25, 0.3) is 0 Å². The molecule has 164 valence electrons. The van der Waals surface area contributed by atoms with E-state index in [9.17, 15) is 14.7 Å². The van der Waals surface area contributed by atoms with E-state index in [0.717, 1.165) is 44.1 Å². The molecule has 0 radical (unpaired) electrons. The summed E-state index contributed by atoms with van der Waals surface area (Å²) < 4.78 is 0. The lowest BCUT2D eigenvalue weighted by atomic mass is 9.94. The van der Waals surface area contributed by atoms with E-state index in [1.54, 1.807) is 6.92 Å². The van der Waals surface area contributed by atoms with Crippen LogP contribution in [0.2, 0.25) is 0 Å². The summed E-state index contributed by atoms with van der Waals surface area (Å²) in [5.41, 5.74) is 6.14. The van der Waals surface area contributed by atoms with Crippen molar-refractivity contribution in [2.75, 3.05) is 6.61 Å². The number of hydrogen-bond donors (Lipinski definition) is 1. The molecule has 1 rings (SSSR count). The number of aliphatic hydroxyl groups is 1.